The average Bonchev–Trinajstić information content (AvgIpc) is 3.23. The second-order valence-corrected chi connectivity index (χ2v) is 7.19. The van der Waals surface area contributed by atoms with E-state index in [0.29, 0.717) is 18.3 Å². The molecule has 2 aromatic heterocycles. The van der Waals surface area contributed by atoms with Crippen LogP contribution in [0, 0.1) is 6.92 Å². The van der Waals surface area contributed by atoms with Crippen LogP contribution in [0.1, 0.15) is 60.2 Å². The number of aryl methyl sites for hydroxylation is 1. The van der Waals surface area contributed by atoms with Crippen molar-refractivity contribution in [2.24, 2.45) is 0 Å². The highest BCUT2D eigenvalue weighted by atomic mass is 16.2. The van der Waals surface area contributed by atoms with E-state index in [2.05, 4.69) is 42.1 Å². The summed E-state index contributed by atoms with van der Waals surface area (Å²) in [5, 5.41) is 5.87. The summed E-state index contributed by atoms with van der Waals surface area (Å²) in [5.41, 5.74) is 5.29. The quantitative estimate of drug-likeness (QED) is 0.765. The van der Waals surface area contributed by atoms with Gasteiger partial charge in [-0.2, -0.15) is 5.10 Å². The fourth-order valence-corrected chi connectivity index (χ4v) is 4.10. The van der Waals surface area contributed by atoms with Crippen LogP contribution in [0.3, 0.4) is 0 Å². The number of carbonyl (C=O) groups is 1. The third kappa shape index (κ3) is 2.71. The third-order valence-corrected chi connectivity index (χ3v) is 5.60. The molecule has 136 valence electrons. The first-order valence-corrected chi connectivity index (χ1v) is 9.56. The number of para-hydroxylation sites is 1. The normalized spacial score (nSPS) is 14.2. The Morgan fingerprint density at radius 1 is 1.27 bits per heavy atom. The van der Waals surface area contributed by atoms with Crippen molar-refractivity contribution < 1.29 is 4.79 Å². The number of nitrogens with one attached hydrogen (secondary N) is 1. The molecule has 0 unspecified atom stereocenters. The number of rotatable bonds is 4. The van der Waals surface area contributed by atoms with E-state index in [-0.39, 0.29) is 5.91 Å². The zero-order valence-electron chi connectivity index (χ0n) is 15.7. The highest BCUT2D eigenvalue weighted by Crippen LogP contribution is 2.28. The van der Waals surface area contributed by atoms with Gasteiger partial charge in [0.05, 0.1) is 6.04 Å². The first-order chi connectivity index (χ1) is 12.6. The summed E-state index contributed by atoms with van der Waals surface area (Å²) in [7, 11) is 0. The van der Waals surface area contributed by atoms with Gasteiger partial charge in [0.15, 0.2) is 5.69 Å². The Bertz CT molecular complexity index is 948. The summed E-state index contributed by atoms with van der Waals surface area (Å²) in [6.07, 6.45) is 2.91. The van der Waals surface area contributed by atoms with Crippen molar-refractivity contribution in [3.05, 3.63) is 53.0 Å². The van der Waals surface area contributed by atoms with Gasteiger partial charge in [0, 0.05) is 47.4 Å². The lowest BCUT2D eigenvalue weighted by atomic mass is 10.0. The van der Waals surface area contributed by atoms with Gasteiger partial charge in [0.1, 0.15) is 0 Å². The van der Waals surface area contributed by atoms with E-state index in [4.69, 9.17) is 0 Å². The summed E-state index contributed by atoms with van der Waals surface area (Å²) in [4.78, 5) is 18.5. The van der Waals surface area contributed by atoms with Crippen molar-refractivity contribution in [2.75, 3.05) is 6.54 Å². The molecule has 1 aliphatic heterocycles. The van der Waals surface area contributed by atoms with Crippen molar-refractivity contribution in [3.8, 4) is 0 Å². The zero-order valence-corrected chi connectivity index (χ0v) is 15.7. The van der Waals surface area contributed by atoms with E-state index >= 15 is 0 Å². The number of nitrogens with zero attached hydrogens (tertiary/aromatic N) is 3. The van der Waals surface area contributed by atoms with E-state index in [9.17, 15) is 4.79 Å². The molecule has 1 aliphatic rings. The molecule has 1 amide bonds. The Balaban J connectivity index is 1.61. The smallest absolute Gasteiger partial charge is 0.274 e. The maximum Gasteiger partial charge on any atom is 0.274 e. The molecule has 0 saturated heterocycles. The predicted molar refractivity (Wildman–Crippen MR) is 103 cm³/mol. The summed E-state index contributed by atoms with van der Waals surface area (Å²) in [6, 6.07) is 10.6. The van der Waals surface area contributed by atoms with E-state index in [0.717, 1.165) is 37.0 Å². The minimum Gasteiger partial charge on any atom is -0.358 e. The van der Waals surface area contributed by atoms with Crippen LogP contribution < -0.4 is 0 Å². The van der Waals surface area contributed by atoms with Crippen molar-refractivity contribution in [3.63, 3.8) is 0 Å². The second-order valence-electron chi connectivity index (χ2n) is 7.19. The number of carbonyl (C=O) groups excluding carboxylic acids is 1. The van der Waals surface area contributed by atoms with Crippen LogP contribution in [0.2, 0.25) is 0 Å². The molecule has 26 heavy (non-hydrogen) atoms. The number of benzene rings is 1. The lowest BCUT2D eigenvalue weighted by Gasteiger charge is -2.26. The zero-order chi connectivity index (χ0) is 18.3. The minimum absolute atomic E-state index is 0.0359. The summed E-state index contributed by atoms with van der Waals surface area (Å²) in [5.74, 6) is 0.0359. The number of H-pyrrole nitrogens is 1. The molecule has 0 atom stereocenters. The lowest BCUT2D eigenvalue weighted by molar-refractivity contribution is 0.0727. The number of hydrogen-bond donors (Lipinski definition) is 1. The first kappa shape index (κ1) is 16.9. The largest absolute Gasteiger partial charge is 0.358 e. The number of hydrogen-bond acceptors (Lipinski definition) is 2. The van der Waals surface area contributed by atoms with Gasteiger partial charge in [0.25, 0.3) is 5.91 Å². The van der Waals surface area contributed by atoms with Crippen LogP contribution in [0.5, 0.6) is 0 Å². The molecule has 0 bridgehead atoms. The molecule has 0 radical (unpaired) electrons. The van der Waals surface area contributed by atoms with Crippen molar-refractivity contribution in [1.29, 1.82) is 0 Å². The fourth-order valence-electron chi connectivity index (χ4n) is 4.10. The van der Waals surface area contributed by atoms with Crippen molar-refractivity contribution in [2.45, 2.75) is 52.6 Å². The Morgan fingerprint density at radius 2 is 2.04 bits per heavy atom. The van der Waals surface area contributed by atoms with Gasteiger partial charge in [-0.15, -0.1) is 0 Å². The Morgan fingerprint density at radius 3 is 2.81 bits per heavy atom. The standard InChI is InChI=1S/C21H26N4O/c1-4-15(5-2)25-14(3)12-20(23-25)21(26)24-11-10-19-17(13-24)16-8-6-7-9-18(16)22-19/h6-9,12,15,22H,4-5,10-11,13H2,1-3H3. The lowest BCUT2D eigenvalue weighted by Crippen LogP contribution is -2.36. The van der Waals surface area contributed by atoms with Crippen LogP contribution in [-0.4, -0.2) is 32.1 Å². The van der Waals surface area contributed by atoms with Gasteiger partial charge in [-0.25, -0.2) is 0 Å². The molecule has 3 aromatic rings. The molecule has 0 aliphatic carbocycles. The molecular weight excluding hydrogens is 324 g/mol. The van der Waals surface area contributed by atoms with Gasteiger partial charge in [0.2, 0.25) is 0 Å². The van der Waals surface area contributed by atoms with Crippen LogP contribution in [-0.2, 0) is 13.0 Å². The molecule has 5 nitrogen and oxygen atoms in total. The summed E-state index contributed by atoms with van der Waals surface area (Å²) < 4.78 is 2.02. The molecule has 0 saturated carbocycles. The molecule has 3 heterocycles. The van der Waals surface area contributed by atoms with Gasteiger partial charge >= 0.3 is 0 Å². The first-order valence-electron chi connectivity index (χ1n) is 9.56. The van der Waals surface area contributed by atoms with Crippen LogP contribution in [0.4, 0.5) is 0 Å². The minimum atomic E-state index is 0.0359. The van der Waals surface area contributed by atoms with Crippen LogP contribution >= 0.6 is 0 Å². The SMILES string of the molecule is CCC(CC)n1nc(C(=O)N2CCc3[nH]c4ccccc4c3C2)cc1C. The molecule has 0 fully saturated rings. The molecule has 5 heteroatoms. The van der Waals surface area contributed by atoms with Crippen LogP contribution in [0.25, 0.3) is 10.9 Å². The highest BCUT2D eigenvalue weighted by molar-refractivity contribution is 5.93. The Hall–Kier alpha value is -2.56. The molecular formula is C21H26N4O. The fraction of sp³-hybridized carbons (Fsp3) is 0.429. The average molecular weight is 350 g/mol. The number of aromatic amines is 1. The topological polar surface area (TPSA) is 53.9 Å². The number of fused-ring (bicyclic) bond motifs is 3. The Labute approximate surface area is 154 Å². The summed E-state index contributed by atoms with van der Waals surface area (Å²) >= 11 is 0. The van der Waals surface area contributed by atoms with E-state index in [1.807, 2.05) is 28.6 Å². The molecule has 0 spiro atoms. The van der Waals surface area contributed by atoms with Gasteiger partial charge in [-0.3, -0.25) is 9.48 Å². The van der Waals surface area contributed by atoms with Crippen molar-refractivity contribution >= 4 is 16.8 Å². The van der Waals surface area contributed by atoms with Gasteiger partial charge < -0.3 is 9.88 Å². The summed E-state index contributed by atoms with van der Waals surface area (Å²) in [6.45, 7) is 7.75. The maximum absolute atomic E-state index is 13.1. The third-order valence-electron chi connectivity index (χ3n) is 5.60. The monoisotopic (exact) mass is 350 g/mol. The molecule has 1 aromatic carbocycles. The predicted octanol–water partition coefficient (Wildman–Crippen LogP) is 4.23. The van der Waals surface area contributed by atoms with E-state index in [1.165, 1.54) is 16.6 Å². The van der Waals surface area contributed by atoms with Crippen molar-refractivity contribution in [1.82, 2.24) is 19.7 Å². The number of amides is 1. The van der Waals surface area contributed by atoms with Gasteiger partial charge in [-0.1, -0.05) is 32.0 Å². The van der Waals surface area contributed by atoms with E-state index < -0.39 is 0 Å². The Kier molecular flexibility index (Phi) is 4.31. The van der Waals surface area contributed by atoms with E-state index in [1.54, 1.807) is 0 Å². The second kappa shape index (κ2) is 6.63. The number of aromatic nitrogens is 3. The van der Waals surface area contributed by atoms with Crippen LogP contribution in [0.15, 0.2) is 30.3 Å². The molecule has 1 N–H and O–H groups in total. The molecule has 4 rings (SSSR count). The highest BCUT2D eigenvalue weighted by Gasteiger charge is 2.27. The van der Waals surface area contributed by atoms with Gasteiger partial charge in [-0.05, 0) is 31.9 Å². The maximum atomic E-state index is 13.1.